The Bertz CT molecular complexity index is 497. The van der Waals surface area contributed by atoms with Crippen molar-refractivity contribution in [2.75, 3.05) is 17.2 Å². The van der Waals surface area contributed by atoms with Crippen LogP contribution >= 0.6 is 0 Å². The SMILES string of the molecule is CCNC(=O)Nc1cccc(NC(=O)C2(N)CC2)c1. The van der Waals surface area contributed by atoms with Crippen molar-refractivity contribution in [1.82, 2.24) is 5.32 Å². The van der Waals surface area contributed by atoms with E-state index in [1.54, 1.807) is 24.3 Å². The lowest BCUT2D eigenvalue weighted by molar-refractivity contribution is -0.118. The molecule has 0 radical (unpaired) electrons. The van der Waals surface area contributed by atoms with Crippen molar-refractivity contribution in [1.29, 1.82) is 0 Å². The molecule has 1 aromatic carbocycles. The van der Waals surface area contributed by atoms with Crippen molar-refractivity contribution in [2.45, 2.75) is 25.3 Å². The first-order valence-corrected chi connectivity index (χ1v) is 6.29. The first kappa shape index (κ1) is 13.4. The van der Waals surface area contributed by atoms with Gasteiger partial charge in [0, 0.05) is 17.9 Å². The molecule has 3 amide bonds. The number of benzene rings is 1. The van der Waals surface area contributed by atoms with Gasteiger partial charge in [-0.15, -0.1) is 0 Å². The van der Waals surface area contributed by atoms with Crippen molar-refractivity contribution in [3.8, 4) is 0 Å². The Morgan fingerprint density at radius 3 is 2.47 bits per heavy atom. The molecule has 1 aliphatic carbocycles. The van der Waals surface area contributed by atoms with E-state index in [4.69, 9.17) is 5.73 Å². The van der Waals surface area contributed by atoms with Gasteiger partial charge in [0.05, 0.1) is 5.54 Å². The zero-order valence-electron chi connectivity index (χ0n) is 10.8. The lowest BCUT2D eigenvalue weighted by Crippen LogP contribution is -2.37. The van der Waals surface area contributed by atoms with Gasteiger partial charge in [0.25, 0.3) is 0 Å². The van der Waals surface area contributed by atoms with Crippen LogP contribution in [0.15, 0.2) is 24.3 Å². The molecule has 0 heterocycles. The number of rotatable bonds is 4. The van der Waals surface area contributed by atoms with Crippen LogP contribution < -0.4 is 21.7 Å². The van der Waals surface area contributed by atoms with Crippen LogP contribution in [0.25, 0.3) is 0 Å². The fraction of sp³-hybridized carbons (Fsp3) is 0.385. The summed E-state index contributed by atoms with van der Waals surface area (Å²) in [5.74, 6) is -0.178. The minimum atomic E-state index is -0.705. The Kier molecular flexibility index (Phi) is 3.71. The van der Waals surface area contributed by atoms with Crippen LogP contribution in [-0.4, -0.2) is 24.0 Å². The molecule has 0 bridgehead atoms. The third-order valence-electron chi connectivity index (χ3n) is 2.96. The zero-order chi connectivity index (χ0) is 13.9. The van der Waals surface area contributed by atoms with Gasteiger partial charge in [0.2, 0.25) is 5.91 Å². The number of hydrogen-bond donors (Lipinski definition) is 4. The number of nitrogens with one attached hydrogen (secondary N) is 3. The normalized spacial score (nSPS) is 15.5. The van der Waals surface area contributed by atoms with Gasteiger partial charge in [0.15, 0.2) is 0 Å². The van der Waals surface area contributed by atoms with Crippen molar-refractivity contribution >= 4 is 23.3 Å². The minimum Gasteiger partial charge on any atom is -0.338 e. The van der Waals surface area contributed by atoms with E-state index in [0.717, 1.165) is 12.8 Å². The molecule has 1 saturated carbocycles. The maximum Gasteiger partial charge on any atom is 0.319 e. The molecule has 102 valence electrons. The van der Waals surface area contributed by atoms with E-state index >= 15 is 0 Å². The smallest absolute Gasteiger partial charge is 0.319 e. The largest absolute Gasteiger partial charge is 0.338 e. The summed E-state index contributed by atoms with van der Waals surface area (Å²) in [4.78, 5) is 23.2. The van der Waals surface area contributed by atoms with E-state index in [9.17, 15) is 9.59 Å². The summed E-state index contributed by atoms with van der Waals surface area (Å²) in [5.41, 5.74) is 6.34. The van der Waals surface area contributed by atoms with Crippen LogP contribution in [0.4, 0.5) is 16.2 Å². The van der Waals surface area contributed by atoms with Crippen molar-refractivity contribution in [3.05, 3.63) is 24.3 Å². The van der Waals surface area contributed by atoms with Crippen LogP contribution in [0.3, 0.4) is 0 Å². The average Bonchev–Trinajstić information content (AvgIpc) is 3.09. The fourth-order valence-electron chi connectivity index (χ4n) is 1.63. The molecule has 1 fully saturated rings. The molecule has 2 rings (SSSR count). The summed E-state index contributed by atoms with van der Waals surface area (Å²) in [5, 5.41) is 8.06. The number of nitrogens with two attached hydrogens (primary N) is 1. The van der Waals surface area contributed by atoms with Crippen LogP contribution in [0.1, 0.15) is 19.8 Å². The van der Waals surface area contributed by atoms with Gasteiger partial charge in [-0.05, 0) is 38.0 Å². The van der Waals surface area contributed by atoms with Gasteiger partial charge in [-0.3, -0.25) is 4.79 Å². The van der Waals surface area contributed by atoms with E-state index in [0.29, 0.717) is 17.9 Å². The van der Waals surface area contributed by atoms with Gasteiger partial charge >= 0.3 is 6.03 Å². The summed E-state index contributed by atoms with van der Waals surface area (Å²) in [6.45, 7) is 2.39. The Morgan fingerprint density at radius 1 is 1.26 bits per heavy atom. The van der Waals surface area contributed by atoms with Gasteiger partial charge < -0.3 is 21.7 Å². The van der Waals surface area contributed by atoms with Crippen LogP contribution in [0.5, 0.6) is 0 Å². The number of anilines is 2. The highest BCUT2D eigenvalue weighted by Crippen LogP contribution is 2.33. The summed E-state index contributed by atoms with van der Waals surface area (Å²) >= 11 is 0. The monoisotopic (exact) mass is 262 g/mol. The second kappa shape index (κ2) is 5.27. The van der Waals surface area contributed by atoms with Crippen molar-refractivity contribution in [3.63, 3.8) is 0 Å². The Balaban J connectivity index is 1.98. The molecule has 6 nitrogen and oxygen atoms in total. The molecule has 5 N–H and O–H groups in total. The summed E-state index contributed by atoms with van der Waals surface area (Å²) < 4.78 is 0. The summed E-state index contributed by atoms with van der Waals surface area (Å²) in [6.07, 6.45) is 1.44. The Morgan fingerprint density at radius 2 is 1.89 bits per heavy atom. The first-order chi connectivity index (χ1) is 9.03. The Labute approximate surface area is 111 Å². The van der Waals surface area contributed by atoms with E-state index in [1.807, 2.05) is 6.92 Å². The van der Waals surface area contributed by atoms with Gasteiger partial charge in [-0.2, -0.15) is 0 Å². The number of hydrogen-bond acceptors (Lipinski definition) is 3. The molecular weight excluding hydrogens is 244 g/mol. The summed E-state index contributed by atoms with van der Waals surface area (Å²) in [6, 6.07) is 6.68. The topological polar surface area (TPSA) is 96.2 Å². The van der Waals surface area contributed by atoms with E-state index in [-0.39, 0.29) is 11.9 Å². The molecule has 0 aromatic heterocycles. The quantitative estimate of drug-likeness (QED) is 0.657. The zero-order valence-corrected chi connectivity index (χ0v) is 10.8. The first-order valence-electron chi connectivity index (χ1n) is 6.29. The van der Waals surface area contributed by atoms with E-state index < -0.39 is 5.54 Å². The predicted octanol–water partition coefficient (Wildman–Crippen LogP) is 1.26. The second-order valence-electron chi connectivity index (χ2n) is 4.68. The van der Waals surface area contributed by atoms with Crippen LogP contribution in [-0.2, 0) is 4.79 Å². The van der Waals surface area contributed by atoms with E-state index in [1.165, 1.54) is 0 Å². The molecule has 0 saturated heterocycles. The number of urea groups is 1. The molecule has 19 heavy (non-hydrogen) atoms. The lowest BCUT2D eigenvalue weighted by Gasteiger charge is -2.11. The van der Waals surface area contributed by atoms with Gasteiger partial charge in [0.1, 0.15) is 0 Å². The molecule has 0 aliphatic heterocycles. The predicted molar refractivity (Wildman–Crippen MR) is 73.9 cm³/mol. The third-order valence-corrected chi connectivity index (χ3v) is 2.96. The molecular formula is C13H18N4O2. The summed E-state index contributed by atoms with van der Waals surface area (Å²) in [7, 11) is 0. The minimum absolute atomic E-state index is 0.178. The number of amides is 3. The molecule has 0 atom stereocenters. The van der Waals surface area contributed by atoms with Crippen LogP contribution in [0.2, 0.25) is 0 Å². The Hall–Kier alpha value is -2.08. The molecule has 6 heteroatoms. The molecule has 0 unspecified atom stereocenters. The fourth-order valence-corrected chi connectivity index (χ4v) is 1.63. The van der Waals surface area contributed by atoms with Gasteiger partial charge in [-0.25, -0.2) is 4.79 Å². The average molecular weight is 262 g/mol. The molecule has 1 aromatic rings. The molecule has 0 spiro atoms. The van der Waals surface area contributed by atoms with Crippen molar-refractivity contribution < 1.29 is 9.59 Å². The maximum atomic E-state index is 11.8. The third kappa shape index (κ3) is 3.45. The van der Waals surface area contributed by atoms with Crippen molar-refractivity contribution in [2.24, 2.45) is 5.73 Å². The highest BCUT2D eigenvalue weighted by Gasteiger charge is 2.45. The maximum absolute atomic E-state index is 11.8. The second-order valence-corrected chi connectivity index (χ2v) is 4.68. The molecule has 1 aliphatic rings. The van der Waals surface area contributed by atoms with Gasteiger partial charge in [-0.1, -0.05) is 6.07 Å². The lowest BCUT2D eigenvalue weighted by atomic mass is 10.2. The highest BCUT2D eigenvalue weighted by molar-refractivity contribution is 6.00. The highest BCUT2D eigenvalue weighted by atomic mass is 16.2. The van der Waals surface area contributed by atoms with E-state index in [2.05, 4.69) is 16.0 Å². The number of carbonyl (C=O) groups excluding carboxylic acids is 2. The van der Waals surface area contributed by atoms with Crippen LogP contribution in [0, 0.1) is 0 Å². The number of carbonyl (C=O) groups is 2. The standard InChI is InChI=1S/C13H18N4O2/c1-2-15-12(19)17-10-5-3-4-9(8-10)16-11(18)13(14)6-7-13/h3-5,8H,2,6-7,14H2,1H3,(H,16,18)(H2,15,17,19).